The molecule has 0 fully saturated rings. The first-order valence-corrected chi connectivity index (χ1v) is 8.02. The molecule has 0 atom stereocenters. The molecule has 1 N–H and O–H groups in total. The Labute approximate surface area is 139 Å². The monoisotopic (exact) mass is 321 g/mol. The quantitative estimate of drug-likeness (QED) is 0.625. The summed E-state index contributed by atoms with van der Waals surface area (Å²) in [6, 6.07) is 8.29. The van der Waals surface area contributed by atoms with Crippen molar-refractivity contribution in [3.05, 3.63) is 42.0 Å². The van der Waals surface area contributed by atoms with Crippen molar-refractivity contribution < 1.29 is 0 Å². The number of nitrogens with one attached hydrogen (secondary N) is 1. The topological polar surface area (TPSA) is 73.5 Å². The lowest BCUT2D eigenvalue weighted by molar-refractivity contribution is 0.670. The van der Waals surface area contributed by atoms with E-state index in [9.17, 15) is 0 Å². The number of benzene rings is 1. The van der Waals surface area contributed by atoms with Crippen molar-refractivity contribution in [3.8, 4) is 0 Å². The fraction of sp³-hybridized carbons (Fsp3) is 0.294. The molecule has 0 radical (unpaired) electrons. The first-order chi connectivity index (χ1) is 11.7. The van der Waals surface area contributed by atoms with Crippen LogP contribution in [-0.4, -0.2) is 29.5 Å². The van der Waals surface area contributed by atoms with Crippen LogP contribution in [0.4, 0.5) is 5.82 Å². The van der Waals surface area contributed by atoms with E-state index in [1.54, 1.807) is 10.9 Å². The zero-order chi connectivity index (χ0) is 16.7. The van der Waals surface area contributed by atoms with Crippen molar-refractivity contribution in [1.82, 2.24) is 29.5 Å². The number of aromatic nitrogens is 6. The van der Waals surface area contributed by atoms with Gasteiger partial charge >= 0.3 is 0 Å². The van der Waals surface area contributed by atoms with Crippen LogP contribution in [-0.2, 0) is 20.1 Å². The molecule has 24 heavy (non-hydrogen) atoms. The fourth-order valence-corrected chi connectivity index (χ4v) is 3.00. The van der Waals surface area contributed by atoms with Gasteiger partial charge in [0.2, 0.25) is 0 Å². The molecule has 0 bridgehead atoms. The number of nitrogens with zero attached hydrogens (tertiary/aromatic N) is 6. The lowest BCUT2D eigenvalue weighted by atomic mass is 10.2. The van der Waals surface area contributed by atoms with Gasteiger partial charge in [-0.15, -0.1) is 0 Å². The molecule has 0 aliphatic rings. The van der Waals surface area contributed by atoms with Crippen molar-refractivity contribution in [3.63, 3.8) is 0 Å². The summed E-state index contributed by atoms with van der Waals surface area (Å²) in [4.78, 5) is 8.97. The minimum Gasteiger partial charge on any atom is -0.364 e. The molecule has 3 aromatic heterocycles. The van der Waals surface area contributed by atoms with Crippen molar-refractivity contribution in [2.45, 2.75) is 26.9 Å². The molecule has 1 aromatic carbocycles. The molecule has 0 saturated heterocycles. The van der Waals surface area contributed by atoms with E-state index in [2.05, 4.69) is 39.4 Å². The predicted molar refractivity (Wildman–Crippen MR) is 93.8 cm³/mol. The zero-order valence-electron chi connectivity index (χ0n) is 14.0. The third-order valence-corrected chi connectivity index (χ3v) is 4.16. The van der Waals surface area contributed by atoms with Crippen LogP contribution in [0, 0.1) is 6.92 Å². The van der Waals surface area contributed by atoms with Crippen LogP contribution in [0.25, 0.3) is 21.9 Å². The lowest BCUT2D eigenvalue weighted by Gasteiger charge is -2.06. The van der Waals surface area contributed by atoms with Crippen LogP contribution in [0.3, 0.4) is 0 Å². The molecule has 122 valence electrons. The summed E-state index contributed by atoms with van der Waals surface area (Å²) in [7, 11) is 1.88. The summed E-state index contributed by atoms with van der Waals surface area (Å²) in [6.07, 6.45) is 1.79. The van der Waals surface area contributed by atoms with Crippen molar-refractivity contribution in [2.75, 3.05) is 5.32 Å². The van der Waals surface area contributed by atoms with Crippen LogP contribution >= 0.6 is 0 Å². The number of para-hydroxylation sites is 1. The molecule has 0 amide bonds. The maximum absolute atomic E-state index is 4.72. The van der Waals surface area contributed by atoms with Gasteiger partial charge in [-0.25, -0.2) is 9.97 Å². The second-order valence-electron chi connectivity index (χ2n) is 5.76. The number of hydrogen-bond acceptors (Lipinski definition) is 5. The minimum absolute atomic E-state index is 0.605. The molecule has 4 aromatic rings. The van der Waals surface area contributed by atoms with Crippen LogP contribution in [0.1, 0.15) is 18.4 Å². The van der Waals surface area contributed by atoms with E-state index >= 15 is 0 Å². The highest BCUT2D eigenvalue weighted by Crippen LogP contribution is 2.22. The second kappa shape index (κ2) is 5.59. The molecule has 7 nitrogen and oxygen atoms in total. The maximum Gasteiger partial charge on any atom is 0.163 e. The van der Waals surface area contributed by atoms with E-state index in [1.165, 1.54) is 5.39 Å². The average Bonchev–Trinajstić information content (AvgIpc) is 3.14. The summed E-state index contributed by atoms with van der Waals surface area (Å²) < 4.78 is 3.79. The number of anilines is 1. The Morgan fingerprint density at radius 2 is 1.96 bits per heavy atom. The van der Waals surface area contributed by atoms with Crippen LogP contribution in [0.15, 0.2) is 30.5 Å². The Balaban J connectivity index is 1.71. The predicted octanol–water partition coefficient (Wildman–Crippen LogP) is 2.65. The van der Waals surface area contributed by atoms with E-state index in [1.807, 2.05) is 30.8 Å². The second-order valence-corrected chi connectivity index (χ2v) is 5.76. The molecule has 4 rings (SSSR count). The third-order valence-electron chi connectivity index (χ3n) is 4.16. The molecule has 7 heteroatoms. The van der Waals surface area contributed by atoms with E-state index < -0.39 is 0 Å². The number of aryl methyl sites for hydroxylation is 3. The van der Waals surface area contributed by atoms with Gasteiger partial charge in [-0.05, 0) is 19.9 Å². The zero-order valence-corrected chi connectivity index (χ0v) is 14.0. The van der Waals surface area contributed by atoms with E-state index in [4.69, 9.17) is 5.10 Å². The highest BCUT2D eigenvalue weighted by Gasteiger charge is 2.12. The largest absolute Gasteiger partial charge is 0.364 e. The van der Waals surface area contributed by atoms with E-state index in [0.717, 1.165) is 40.4 Å². The van der Waals surface area contributed by atoms with Crippen molar-refractivity contribution >= 4 is 27.8 Å². The van der Waals surface area contributed by atoms with Gasteiger partial charge in [0.25, 0.3) is 0 Å². The minimum atomic E-state index is 0.605. The first kappa shape index (κ1) is 14.6. The molecule has 0 saturated carbocycles. The molecule has 3 heterocycles. The van der Waals surface area contributed by atoms with Gasteiger partial charge in [0.1, 0.15) is 11.6 Å². The Morgan fingerprint density at radius 1 is 1.12 bits per heavy atom. The summed E-state index contributed by atoms with van der Waals surface area (Å²) in [5, 5.41) is 14.5. The fourth-order valence-electron chi connectivity index (χ4n) is 3.00. The Morgan fingerprint density at radius 3 is 2.79 bits per heavy atom. The summed E-state index contributed by atoms with van der Waals surface area (Å²) in [5.74, 6) is 1.51. The normalized spacial score (nSPS) is 11.5. The number of hydrogen-bond donors (Lipinski definition) is 1. The van der Waals surface area contributed by atoms with Crippen molar-refractivity contribution in [1.29, 1.82) is 0 Å². The number of rotatable bonds is 4. The molecular formula is C17H19N7. The van der Waals surface area contributed by atoms with Gasteiger partial charge in [0, 0.05) is 19.0 Å². The van der Waals surface area contributed by atoms with E-state index in [0.29, 0.717) is 6.54 Å². The Kier molecular flexibility index (Phi) is 3.41. The Bertz CT molecular complexity index is 1030. The van der Waals surface area contributed by atoms with Gasteiger partial charge in [-0.3, -0.25) is 9.36 Å². The highest BCUT2D eigenvalue weighted by molar-refractivity contribution is 5.87. The summed E-state index contributed by atoms with van der Waals surface area (Å²) in [5.41, 5.74) is 3.00. The smallest absolute Gasteiger partial charge is 0.163 e. The maximum atomic E-state index is 4.72. The van der Waals surface area contributed by atoms with Gasteiger partial charge in [0.15, 0.2) is 5.65 Å². The molecular weight excluding hydrogens is 302 g/mol. The third kappa shape index (κ3) is 2.29. The van der Waals surface area contributed by atoms with Crippen LogP contribution in [0.2, 0.25) is 0 Å². The van der Waals surface area contributed by atoms with Gasteiger partial charge in [-0.1, -0.05) is 18.2 Å². The van der Waals surface area contributed by atoms with Gasteiger partial charge < -0.3 is 5.32 Å². The lowest BCUT2D eigenvalue weighted by Crippen LogP contribution is -2.06. The van der Waals surface area contributed by atoms with Gasteiger partial charge in [-0.2, -0.15) is 10.2 Å². The van der Waals surface area contributed by atoms with Gasteiger partial charge in [0.05, 0.1) is 29.3 Å². The van der Waals surface area contributed by atoms with Crippen LogP contribution < -0.4 is 5.32 Å². The molecule has 0 aliphatic heterocycles. The molecule has 0 spiro atoms. The standard InChI is InChI=1S/C17H19N7/c1-4-24-15-8-6-5-7-12(15)14(22-24)10-18-16-13-9-19-23(3)17(13)21-11(2)20-16/h5-9H,4,10H2,1-3H3,(H,18,20,21). The van der Waals surface area contributed by atoms with Crippen molar-refractivity contribution in [2.24, 2.45) is 7.05 Å². The summed E-state index contributed by atoms with van der Waals surface area (Å²) >= 11 is 0. The molecule has 0 unspecified atom stereocenters. The Hall–Kier alpha value is -2.96. The average molecular weight is 321 g/mol. The van der Waals surface area contributed by atoms with E-state index in [-0.39, 0.29) is 0 Å². The first-order valence-electron chi connectivity index (χ1n) is 8.02. The SMILES string of the molecule is CCn1nc(CNc2nc(C)nc3c2cnn3C)c2ccccc21. The summed E-state index contributed by atoms with van der Waals surface area (Å²) in [6.45, 7) is 5.44. The number of fused-ring (bicyclic) bond motifs is 2. The highest BCUT2D eigenvalue weighted by atomic mass is 15.3. The molecule has 0 aliphatic carbocycles. The van der Waals surface area contributed by atoms with Crippen LogP contribution in [0.5, 0.6) is 0 Å².